The quantitative estimate of drug-likeness (QED) is 0.317. The molecule has 0 aromatic heterocycles. The van der Waals surface area contributed by atoms with Crippen molar-refractivity contribution >= 4 is 29.2 Å². The number of benzene rings is 2. The highest BCUT2D eigenvalue weighted by molar-refractivity contribution is 6.31. The molecule has 0 saturated carbocycles. The Balaban J connectivity index is 2.38. The van der Waals surface area contributed by atoms with Crippen LogP contribution in [-0.4, -0.2) is 23.7 Å². The molecule has 1 fully saturated rings. The van der Waals surface area contributed by atoms with Crippen LogP contribution in [0.1, 0.15) is 58.1 Å². The Kier molecular flexibility index (Phi) is 7.91. The van der Waals surface area contributed by atoms with Crippen molar-refractivity contribution in [3.05, 3.63) is 81.9 Å². The van der Waals surface area contributed by atoms with Gasteiger partial charge in [-0.05, 0) is 56.4 Å². The molecule has 3 rings (SSSR count). The predicted octanol–water partition coefficient (Wildman–Crippen LogP) is 7.10. The molecular formula is C28H30Cl2F2N2O2. The topological polar surface area (TPSA) is 62.1 Å². The lowest BCUT2D eigenvalue weighted by Gasteiger charge is -2.37. The maximum absolute atomic E-state index is 15.6. The van der Waals surface area contributed by atoms with Gasteiger partial charge in [0.25, 0.3) is 0 Å². The Morgan fingerprint density at radius 2 is 1.89 bits per heavy atom. The Bertz CT molecular complexity index is 1220. The van der Waals surface area contributed by atoms with Crippen LogP contribution < -0.4 is 5.32 Å². The van der Waals surface area contributed by atoms with Crippen LogP contribution >= 0.6 is 23.2 Å². The van der Waals surface area contributed by atoms with Crippen molar-refractivity contribution in [1.29, 1.82) is 5.26 Å². The van der Waals surface area contributed by atoms with E-state index in [4.69, 9.17) is 27.9 Å². The highest BCUT2D eigenvalue weighted by Crippen LogP contribution is 2.53. The maximum Gasteiger partial charge on any atom is 0.324 e. The number of nitriles is 1. The minimum atomic E-state index is -1.72. The molecule has 0 bridgehead atoms. The molecule has 36 heavy (non-hydrogen) atoms. The fourth-order valence-corrected chi connectivity index (χ4v) is 5.24. The van der Waals surface area contributed by atoms with Crippen LogP contribution in [0, 0.1) is 28.4 Å². The second-order valence-corrected chi connectivity index (χ2v) is 11.7. The van der Waals surface area contributed by atoms with Crippen molar-refractivity contribution in [3.8, 4) is 6.07 Å². The monoisotopic (exact) mass is 534 g/mol. The van der Waals surface area contributed by atoms with Crippen LogP contribution in [0.3, 0.4) is 0 Å². The van der Waals surface area contributed by atoms with Crippen molar-refractivity contribution in [1.82, 2.24) is 5.32 Å². The van der Waals surface area contributed by atoms with Gasteiger partial charge < -0.3 is 4.74 Å². The summed E-state index contributed by atoms with van der Waals surface area (Å²) in [5.74, 6) is -3.36. The van der Waals surface area contributed by atoms with Crippen LogP contribution in [0.2, 0.25) is 10.0 Å². The van der Waals surface area contributed by atoms with Crippen LogP contribution in [0.15, 0.2) is 49.1 Å². The first-order valence-electron chi connectivity index (χ1n) is 11.6. The number of carbonyl (C=O) groups is 1. The molecule has 0 aliphatic carbocycles. The number of halogens is 4. The lowest BCUT2D eigenvalue weighted by molar-refractivity contribution is -0.157. The minimum Gasteiger partial charge on any atom is -0.459 e. The molecule has 1 aliphatic heterocycles. The van der Waals surface area contributed by atoms with Gasteiger partial charge in [0.05, 0.1) is 11.1 Å². The summed E-state index contributed by atoms with van der Waals surface area (Å²) in [4.78, 5) is 13.5. The molecular weight excluding hydrogens is 505 g/mol. The van der Waals surface area contributed by atoms with E-state index in [1.807, 2.05) is 13.8 Å². The van der Waals surface area contributed by atoms with Gasteiger partial charge in [0.15, 0.2) is 0 Å². The van der Waals surface area contributed by atoms with Crippen molar-refractivity contribution in [3.63, 3.8) is 0 Å². The molecule has 0 amide bonds. The summed E-state index contributed by atoms with van der Waals surface area (Å²) in [6.45, 7) is 12.8. The molecule has 192 valence electrons. The van der Waals surface area contributed by atoms with E-state index in [1.54, 1.807) is 26.8 Å². The van der Waals surface area contributed by atoms with Gasteiger partial charge in [0.1, 0.15) is 28.7 Å². The Morgan fingerprint density at radius 1 is 1.22 bits per heavy atom. The maximum atomic E-state index is 15.6. The Hall–Kier alpha value is -2.46. The van der Waals surface area contributed by atoms with E-state index in [0.717, 1.165) is 6.07 Å². The molecule has 4 atom stereocenters. The smallest absolute Gasteiger partial charge is 0.324 e. The second kappa shape index (κ2) is 10.1. The average Bonchev–Trinajstić information content (AvgIpc) is 3.08. The molecule has 2 aromatic carbocycles. The van der Waals surface area contributed by atoms with Crippen molar-refractivity contribution in [2.75, 3.05) is 0 Å². The molecule has 8 heteroatoms. The number of allylic oxidation sites excluding steroid dienone is 1. The van der Waals surface area contributed by atoms with E-state index in [2.05, 4.69) is 18.0 Å². The highest BCUT2D eigenvalue weighted by Gasteiger charge is 2.62. The van der Waals surface area contributed by atoms with Crippen LogP contribution in [0.25, 0.3) is 0 Å². The van der Waals surface area contributed by atoms with Crippen molar-refractivity contribution in [2.45, 2.75) is 70.1 Å². The largest absolute Gasteiger partial charge is 0.459 e. The SMILES string of the molecule is C=CC(C)(C)CC1NC(C(=O)OC(C)(C)C)C(c2cccc(Cl)c2F)C1(C#N)c1ccc(Cl)cc1F. The predicted molar refractivity (Wildman–Crippen MR) is 138 cm³/mol. The van der Waals surface area contributed by atoms with E-state index < -0.39 is 52.0 Å². The number of carbonyl (C=O) groups excluding carboxylic acids is 1. The minimum absolute atomic E-state index is 0.00203. The van der Waals surface area contributed by atoms with Crippen LogP contribution in [0.4, 0.5) is 8.78 Å². The molecule has 4 nitrogen and oxygen atoms in total. The molecule has 2 aromatic rings. The zero-order chi connectivity index (χ0) is 27.1. The molecule has 4 unspecified atom stereocenters. The fraction of sp³-hybridized carbons (Fsp3) is 0.429. The molecule has 1 N–H and O–H groups in total. The van der Waals surface area contributed by atoms with E-state index in [-0.39, 0.29) is 21.2 Å². The summed E-state index contributed by atoms with van der Waals surface area (Å²) < 4.78 is 36.8. The number of rotatable bonds is 6. The first-order valence-corrected chi connectivity index (χ1v) is 12.4. The van der Waals surface area contributed by atoms with Gasteiger partial charge in [0.2, 0.25) is 0 Å². The highest BCUT2D eigenvalue weighted by atomic mass is 35.5. The number of ether oxygens (including phenoxy) is 1. The van der Waals surface area contributed by atoms with Gasteiger partial charge in [0, 0.05) is 22.5 Å². The first kappa shape index (κ1) is 28.1. The lowest BCUT2D eigenvalue weighted by atomic mass is 9.62. The molecule has 1 heterocycles. The van der Waals surface area contributed by atoms with Crippen LogP contribution in [-0.2, 0) is 14.9 Å². The number of hydrogen-bond acceptors (Lipinski definition) is 4. The van der Waals surface area contributed by atoms with E-state index in [0.29, 0.717) is 6.42 Å². The van der Waals surface area contributed by atoms with Crippen molar-refractivity contribution in [2.24, 2.45) is 5.41 Å². The molecule has 0 spiro atoms. The molecule has 1 aliphatic rings. The number of nitrogens with zero attached hydrogens (tertiary/aromatic N) is 1. The van der Waals surface area contributed by atoms with Gasteiger partial charge in [-0.25, -0.2) is 8.78 Å². The number of nitrogens with one attached hydrogen (secondary N) is 1. The normalized spacial score (nSPS) is 24.3. The zero-order valence-corrected chi connectivity index (χ0v) is 22.5. The van der Waals surface area contributed by atoms with Gasteiger partial charge in [-0.2, -0.15) is 5.26 Å². The number of esters is 1. The summed E-state index contributed by atoms with van der Waals surface area (Å²) in [6.07, 6.45) is 2.02. The summed E-state index contributed by atoms with van der Waals surface area (Å²) in [7, 11) is 0. The Labute approximate surface area is 221 Å². The third-order valence-electron chi connectivity index (χ3n) is 6.58. The van der Waals surface area contributed by atoms with Gasteiger partial charge in [-0.15, -0.1) is 6.58 Å². The van der Waals surface area contributed by atoms with Gasteiger partial charge in [-0.1, -0.05) is 61.3 Å². The summed E-state index contributed by atoms with van der Waals surface area (Å²) in [5.41, 5.74) is -3.07. The van der Waals surface area contributed by atoms with E-state index in [1.165, 1.54) is 30.3 Å². The Morgan fingerprint density at radius 3 is 2.44 bits per heavy atom. The number of hydrogen-bond donors (Lipinski definition) is 1. The zero-order valence-electron chi connectivity index (χ0n) is 21.0. The van der Waals surface area contributed by atoms with E-state index >= 15 is 8.78 Å². The second-order valence-electron chi connectivity index (χ2n) is 10.9. The standard InChI is InChI=1S/C28H30Cl2F2N2O2/c1-7-27(5,6)14-21-28(15-33,18-12-11-16(29)13-20(18)31)22(17-9-8-10-19(30)23(17)32)24(34-21)25(35)36-26(2,3)4/h7-13,21-22,24,34H,1,14H2,2-6H3. The summed E-state index contributed by atoms with van der Waals surface area (Å²) in [6, 6.07) is 8.72. The molecule has 0 radical (unpaired) electrons. The van der Waals surface area contributed by atoms with Gasteiger partial charge in [-0.3, -0.25) is 10.1 Å². The van der Waals surface area contributed by atoms with Gasteiger partial charge >= 0.3 is 5.97 Å². The summed E-state index contributed by atoms with van der Waals surface area (Å²) >= 11 is 12.2. The van der Waals surface area contributed by atoms with Crippen LogP contribution in [0.5, 0.6) is 0 Å². The third-order valence-corrected chi connectivity index (χ3v) is 7.10. The average molecular weight is 535 g/mol. The lowest BCUT2D eigenvalue weighted by Crippen LogP contribution is -2.45. The first-order chi connectivity index (χ1) is 16.7. The van der Waals surface area contributed by atoms with Crippen molar-refractivity contribution < 1.29 is 18.3 Å². The third kappa shape index (κ3) is 5.29. The summed E-state index contributed by atoms with van der Waals surface area (Å²) in [5, 5.41) is 14.0. The fourth-order valence-electron chi connectivity index (χ4n) is 4.90. The molecule has 1 saturated heterocycles. The van der Waals surface area contributed by atoms with E-state index in [9.17, 15) is 10.1 Å².